The van der Waals surface area contributed by atoms with Crippen LogP contribution < -0.4 is 5.32 Å². The Morgan fingerprint density at radius 3 is 2.67 bits per heavy atom. The summed E-state index contributed by atoms with van der Waals surface area (Å²) in [6, 6.07) is 9.83. The molecule has 0 radical (unpaired) electrons. The number of hydrogen-bond donors (Lipinski definition) is 2. The van der Waals surface area contributed by atoms with Crippen LogP contribution >= 0.6 is 0 Å². The van der Waals surface area contributed by atoms with Gasteiger partial charge in [0.2, 0.25) is 0 Å². The molecule has 24 heavy (non-hydrogen) atoms. The van der Waals surface area contributed by atoms with E-state index < -0.39 is 5.60 Å². The van der Waals surface area contributed by atoms with E-state index in [1.807, 2.05) is 30.3 Å². The van der Waals surface area contributed by atoms with E-state index in [2.05, 4.69) is 5.32 Å². The molecule has 1 aromatic carbocycles. The van der Waals surface area contributed by atoms with Gasteiger partial charge in [-0.05, 0) is 31.2 Å². The van der Waals surface area contributed by atoms with Crippen molar-refractivity contribution in [1.82, 2.24) is 10.2 Å². The van der Waals surface area contributed by atoms with Crippen LogP contribution in [0.1, 0.15) is 44.1 Å². The topological polar surface area (TPSA) is 61.8 Å². The predicted octanol–water partition coefficient (Wildman–Crippen LogP) is 2.68. The Labute approximate surface area is 144 Å². The molecular weight excluding hydrogens is 304 g/mol. The molecule has 5 nitrogen and oxygen atoms in total. The number of amides is 2. The maximum atomic E-state index is 12.7. The second kappa shape index (κ2) is 7.99. The van der Waals surface area contributed by atoms with Crippen molar-refractivity contribution < 1.29 is 14.6 Å². The lowest BCUT2D eigenvalue weighted by Crippen LogP contribution is -2.49. The van der Waals surface area contributed by atoms with Gasteiger partial charge in [0.15, 0.2) is 0 Å². The molecule has 0 bridgehead atoms. The van der Waals surface area contributed by atoms with Crippen LogP contribution in [0.3, 0.4) is 0 Å². The fourth-order valence-electron chi connectivity index (χ4n) is 3.67. The Morgan fingerprint density at radius 2 is 2.00 bits per heavy atom. The lowest BCUT2D eigenvalue weighted by atomic mass is 10.0. The summed E-state index contributed by atoms with van der Waals surface area (Å²) >= 11 is 0. The van der Waals surface area contributed by atoms with Gasteiger partial charge in [-0.2, -0.15) is 0 Å². The minimum Gasteiger partial charge on any atom is -0.388 e. The van der Waals surface area contributed by atoms with Gasteiger partial charge in [-0.3, -0.25) is 0 Å². The normalized spacial score (nSPS) is 22.5. The number of aliphatic hydroxyl groups is 1. The number of carbonyl (C=O) groups excluding carboxylic acids is 1. The van der Waals surface area contributed by atoms with Gasteiger partial charge < -0.3 is 20.1 Å². The molecule has 1 unspecified atom stereocenters. The van der Waals surface area contributed by atoms with Gasteiger partial charge in [0, 0.05) is 19.7 Å². The molecule has 0 aromatic heterocycles. The fourth-order valence-corrected chi connectivity index (χ4v) is 3.67. The summed E-state index contributed by atoms with van der Waals surface area (Å²) in [7, 11) is 0. The Balaban J connectivity index is 1.62. The number of hydrogen-bond acceptors (Lipinski definition) is 3. The Bertz CT molecular complexity index is 523. The van der Waals surface area contributed by atoms with Gasteiger partial charge in [-0.15, -0.1) is 0 Å². The molecule has 5 heteroatoms. The van der Waals surface area contributed by atoms with Gasteiger partial charge in [0.05, 0.1) is 18.2 Å². The van der Waals surface area contributed by atoms with Gasteiger partial charge in [-0.25, -0.2) is 4.79 Å². The highest BCUT2D eigenvalue weighted by Crippen LogP contribution is 2.30. The van der Waals surface area contributed by atoms with Crippen LogP contribution in [0.5, 0.6) is 0 Å². The standard InChI is InChI=1S/C19H28N2O3/c22-18(20-13-17-9-6-12-24-17)21(14-16-7-2-1-3-8-16)15-19(23)10-4-5-11-19/h1-3,7-8,17,23H,4-6,9-15H2,(H,20,22). The molecule has 132 valence electrons. The van der Waals surface area contributed by atoms with E-state index in [4.69, 9.17) is 4.74 Å². The van der Waals surface area contributed by atoms with Crippen LogP contribution in [0.25, 0.3) is 0 Å². The second-order valence-electron chi connectivity index (χ2n) is 7.09. The van der Waals surface area contributed by atoms with Crippen molar-refractivity contribution in [2.24, 2.45) is 0 Å². The van der Waals surface area contributed by atoms with E-state index >= 15 is 0 Å². The van der Waals surface area contributed by atoms with E-state index in [1.165, 1.54) is 0 Å². The summed E-state index contributed by atoms with van der Waals surface area (Å²) in [5.41, 5.74) is 0.335. The molecule has 2 N–H and O–H groups in total. The van der Waals surface area contributed by atoms with Crippen LogP contribution in [0.15, 0.2) is 30.3 Å². The lowest BCUT2D eigenvalue weighted by Gasteiger charge is -2.32. The zero-order valence-electron chi connectivity index (χ0n) is 14.2. The Kier molecular flexibility index (Phi) is 5.74. The maximum absolute atomic E-state index is 12.7. The lowest BCUT2D eigenvalue weighted by molar-refractivity contribution is 0.0170. The highest BCUT2D eigenvalue weighted by Gasteiger charge is 2.34. The molecule has 1 aromatic rings. The molecule has 1 heterocycles. The van der Waals surface area contributed by atoms with Crippen molar-refractivity contribution in [2.75, 3.05) is 19.7 Å². The van der Waals surface area contributed by atoms with Crippen molar-refractivity contribution >= 4 is 6.03 Å². The summed E-state index contributed by atoms with van der Waals surface area (Å²) in [4.78, 5) is 14.4. The van der Waals surface area contributed by atoms with E-state index in [0.29, 0.717) is 19.6 Å². The molecule has 1 saturated carbocycles. The number of nitrogens with one attached hydrogen (secondary N) is 1. The monoisotopic (exact) mass is 332 g/mol. The summed E-state index contributed by atoms with van der Waals surface area (Å²) in [6.07, 6.45) is 5.81. The number of nitrogens with zero attached hydrogens (tertiary/aromatic N) is 1. The Hall–Kier alpha value is -1.59. The summed E-state index contributed by atoms with van der Waals surface area (Å²) in [6.45, 7) is 2.23. The van der Waals surface area contributed by atoms with Crippen LogP contribution in [0.2, 0.25) is 0 Å². The number of rotatable bonds is 6. The van der Waals surface area contributed by atoms with Gasteiger partial charge in [0.25, 0.3) is 0 Å². The molecule has 2 aliphatic rings. The minimum atomic E-state index is -0.740. The van der Waals surface area contributed by atoms with Crippen molar-refractivity contribution in [3.05, 3.63) is 35.9 Å². The molecular formula is C19H28N2O3. The predicted molar refractivity (Wildman–Crippen MR) is 92.6 cm³/mol. The van der Waals surface area contributed by atoms with Crippen LogP contribution in [-0.2, 0) is 11.3 Å². The second-order valence-corrected chi connectivity index (χ2v) is 7.09. The van der Waals surface area contributed by atoms with Crippen molar-refractivity contribution in [3.8, 4) is 0 Å². The largest absolute Gasteiger partial charge is 0.388 e. The zero-order valence-corrected chi connectivity index (χ0v) is 14.2. The van der Waals surface area contributed by atoms with Crippen LogP contribution in [0, 0.1) is 0 Å². The Morgan fingerprint density at radius 1 is 1.25 bits per heavy atom. The van der Waals surface area contributed by atoms with Crippen molar-refractivity contribution in [2.45, 2.75) is 56.8 Å². The van der Waals surface area contributed by atoms with Gasteiger partial charge in [0.1, 0.15) is 0 Å². The third-order valence-electron chi connectivity index (χ3n) is 5.03. The smallest absolute Gasteiger partial charge is 0.317 e. The summed E-state index contributed by atoms with van der Waals surface area (Å²) in [5, 5.41) is 13.7. The first kappa shape index (κ1) is 17.2. The molecule has 1 atom stereocenters. The van der Waals surface area contributed by atoms with Gasteiger partial charge in [-0.1, -0.05) is 43.2 Å². The van der Waals surface area contributed by atoms with E-state index in [1.54, 1.807) is 4.90 Å². The van der Waals surface area contributed by atoms with Gasteiger partial charge >= 0.3 is 6.03 Å². The average molecular weight is 332 g/mol. The summed E-state index contributed by atoms with van der Waals surface area (Å²) in [5.74, 6) is 0. The first-order valence-corrected chi connectivity index (χ1v) is 9.05. The van der Waals surface area contributed by atoms with E-state index in [9.17, 15) is 9.90 Å². The highest BCUT2D eigenvalue weighted by molar-refractivity contribution is 5.74. The number of ether oxygens (including phenoxy) is 1. The maximum Gasteiger partial charge on any atom is 0.317 e. The first-order chi connectivity index (χ1) is 11.6. The number of urea groups is 1. The van der Waals surface area contributed by atoms with Crippen molar-refractivity contribution in [3.63, 3.8) is 0 Å². The third kappa shape index (κ3) is 4.71. The molecule has 2 amide bonds. The van der Waals surface area contributed by atoms with E-state index in [-0.39, 0.29) is 12.1 Å². The summed E-state index contributed by atoms with van der Waals surface area (Å²) < 4.78 is 5.57. The third-order valence-corrected chi connectivity index (χ3v) is 5.03. The number of carbonyl (C=O) groups is 1. The highest BCUT2D eigenvalue weighted by atomic mass is 16.5. The molecule has 3 rings (SSSR count). The number of benzene rings is 1. The average Bonchev–Trinajstić information content (AvgIpc) is 3.25. The molecule has 1 aliphatic carbocycles. The molecule has 0 spiro atoms. The molecule has 2 fully saturated rings. The SMILES string of the molecule is O=C(NCC1CCCO1)N(Cc1ccccc1)CC1(O)CCCC1. The zero-order chi connectivity index (χ0) is 16.8. The molecule has 1 aliphatic heterocycles. The van der Waals surface area contributed by atoms with Crippen molar-refractivity contribution in [1.29, 1.82) is 0 Å². The van der Waals surface area contributed by atoms with E-state index in [0.717, 1.165) is 50.7 Å². The molecule has 1 saturated heterocycles. The van der Waals surface area contributed by atoms with Crippen LogP contribution in [0.4, 0.5) is 4.79 Å². The fraction of sp³-hybridized carbons (Fsp3) is 0.632. The van der Waals surface area contributed by atoms with Crippen LogP contribution in [-0.4, -0.2) is 47.4 Å². The first-order valence-electron chi connectivity index (χ1n) is 9.05. The minimum absolute atomic E-state index is 0.116. The quantitative estimate of drug-likeness (QED) is 0.842.